The lowest BCUT2D eigenvalue weighted by Gasteiger charge is -2.14. The first kappa shape index (κ1) is 15.6. The van der Waals surface area contributed by atoms with E-state index in [0.717, 1.165) is 25.2 Å². The second-order valence-electron chi connectivity index (χ2n) is 5.61. The average Bonchev–Trinajstić information content (AvgIpc) is 2.91. The van der Waals surface area contributed by atoms with Crippen molar-refractivity contribution in [2.75, 3.05) is 18.4 Å². The number of hydrogen-bond donors (Lipinski definition) is 2. The summed E-state index contributed by atoms with van der Waals surface area (Å²) in [6.45, 7) is 5.66. The molecular formula is C15H23N3O3. The lowest BCUT2D eigenvalue weighted by atomic mass is 10.1. The van der Waals surface area contributed by atoms with E-state index in [2.05, 4.69) is 10.6 Å². The first-order chi connectivity index (χ1) is 10.1. The molecule has 1 fully saturated rings. The van der Waals surface area contributed by atoms with Crippen molar-refractivity contribution in [2.45, 2.75) is 45.3 Å². The highest BCUT2D eigenvalue weighted by Gasteiger charge is 2.17. The fraction of sp³-hybridized carbons (Fsp3) is 0.600. The van der Waals surface area contributed by atoms with Gasteiger partial charge >= 0.3 is 5.69 Å². The fourth-order valence-corrected chi connectivity index (χ4v) is 2.52. The van der Waals surface area contributed by atoms with E-state index in [0.29, 0.717) is 11.8 Å². The molecule has 0 aliphatic carbocycles. The Labute approximate surface area is 125 Å². The van der Waals surface area contributed by atoms with E-state index in [1.165, 1.54) is 18.9 Å². The molecule has 0 saturated carbocycles. The number of anilines is 1. The molecule has 116 valence electrons. The zero-order valence-corrected chi connectivity index (χ0v) is 12.6. The first-order valence-electron chi connectivity index (χ1n) is 7.48. The van der Waals surface area contributed by atoms with Crippen LogP contribution in [0.25, 0.3) is 0 Å². The van der Waals surface area contributed by atoms with Crippen molar-refractivity contribution in [3.05, 3.63) is 28.3 Å². The van der Waals surface area contributed by atoms with Gasteiger partial charge in [-0.3, -0.25) is 10.1 Å². The van der Waals surface area contributed by atoms with Crippen LogP contribution in [-0.2, 0) is 0 Å². The van der Waals surface area contributed by atoms with Gasteiger partial charge in [0.05, 0.1) is 11.0 Å². The summed E-state index contributed by atoms with van der Waals surface area (Å²) in [5, 5.41) is 17.8. The van der Waals surface area contributed by atoms with Crippen LogP contribution in [0, 0.1) is 10.1 Å². The highest BCUT2D eigenvalue weighted by molar-refractivity contribution is 5.58. The molecular weight excluding hydrogens is 270 g/mol. The third-order valence-corrected chi connectivity index (χ3v) is 3.50. The molecule has 1 aliphatic heterocycles. The van der Waals surface area contributed by atoms with Gasteiger partial charge < -0.3 is 15.4 Å². The van der Waals surface area contributed by atoms with Crippen molar-refractivity contribution in [2.24, 2.45) is 0 Å². The van der Waals surface area contributed by atoms with Crippen molar-refractivity contribution >= 4 is 11.4 Å². The number of nitrogens with one attached hydrogen (secondary N) is 2. The molecule has 0 radical (unpaired) electrons. The minimum Gasteiger partial charge on any atom is -0.484 e. The Bertz CT molecular complexity index is 485. The van der Waals surface area contributed by atoms with Gasteiger partial charge in [0.2, 0.25) is 0 Å². The number of rotatable bonds is 7. The molecule has 0 bridgehead atoms. The minimum absolute atomic E-state index is 0.00621. The van der Waals surface area contributed by atoms with Gasteiger partial charge in [-0.05, 0) is 45.7 Å². The molecule has 1 heterocycles. The largest absolute Gasteiger partial charge is 0.484 e. The summed E-state index contributed by atoms with van der Waals surface area (Å²) in [4.78, 5) is 10.6. The molecule has 1 aromatic carbocycles. The van der Waals surface area contributed by atoms with E-state index >= 15 is 0 Å². The summed E-state index contributed by atoms with van der Waals surface area (Å²) in [6, 6.07) is 5.52. The van der Waals surface area contributed by atoms with Crippen LogP contribution in [-0.4, -0.2) is 30.2 Å². The maximum Gasteiger partial charge on any atom is 0.311 e. The molecule has 0 amide bonds. The van der Waals surface area contributed by atoms with Crippen molar-refractivity contribution in [3.8, 4) is 5.75 Å². The summed E-state index contributed by atoms with van der Waals surface area (Å²) in [7, 11) is 0. The average molecular weight is 293 g/mol. The van der Waals surface area contributed by atoms with Crippen molar-refractivity contribution < 1.29 is 9.66 Å². The molecule has 0 spiro atoms. The second-order valence-corrected chi connectivity index (χ2v) is 5.61. The van der Waals surface area contributed by atoms with Gasteiger partial charge in [-0.15, -0.1) is 0 Å². The SMILES string of the molecule is CC(C)Oc1cc(NCCC2CCCN2)ccc1[N+](=O)[O-]. The fourth-order valence-electron chi connectivity index (χ4n) is 2.52. The zero-order valence-electron chi connectivity index (χ0n) is 12.6. The molecule has 2 N–H and O–H groups in total. The number of hydrogen-bond acceptors (Lipinski definition) is 5. The van der Waals surface area contributed by atoms with Crippen LogP contribution in [0.1, 0.15) is 33.1 Å². The molecule has 1 atom stereocenters. The van der Waals surface area contributed by atoms with E-state index in [1.54, 1.807) is 12.1 Å². The van der Waals surface area contributed by atoms with Crippen LogP contribution in [0.15, 0.2) is 18.2 Å². The summed E-state index contributed by atoms with van der Waals surface area (Å²) >= 11 is 0. The highest BCUT2D eigenvalue weighted by Crippen LogP contribution is 2.31. The Hall–Kier alpha value is -1.82. The van der Waals surface area contributed by atoms with Crippen molar-refractivity contribution in [1.29, 1.82) is 0 Å². The summed E-state index contributed by atoms with van der Waals surface area (Å²) in [5.74, 6) is 0.319. The smallest absolute Gasteiger partial charge is 0.311 e. The van der Waals surface area contributed by atoms with Crippen LogP contribution in [0.5, 0.6) is 5.75 Å². The molecule has 1 aliphatic rings. The van der Waals surface area contributed by atoms with Gasteiger partial charge in [-0.1, -0.05) is 0 Å². The molecule has 2 rings (SSSR count). The quantitative estimate of drug-likeness (QED) is 0.597. The van der Waals surface area contributed by atoms with Gasteiger partial charge in [0.1, 0.15) is 0 Å². The van der Waals surface area contributed by atoms with E-state index in [1.807, 2.05) is 13.8 Å². The molecule has 1 saturated heterocycles. The molecule has 21 heavy (non-hydrogen) atoms. The lowest BCUT2D eigenvalue weighted by molar-refractivity contribution is -0.386. The van der Waals surface area contributed by atoms with E-state index in [9.17, 15) is 10.1 Å². The van der Waals surface area contributed by atoms with Gasteiger partial charge in [0, 0.05) is 30.4 Å². The zero-order chi connectivity index (χ0) is 15.2. The van der Waals surface area contributed by atoms with Crippen LogP contribution in [0.3, 0.4) is 0 Å². The van der Waals surface area contributed by atoms with Crippen molar-refractivity contribution in [1.82, 2.24) is 5.32 Å². The predicted octanol–water partition coefficient (Wildman–Crippen LogP) is 2.94. The van der Waals surface area contributed by atoms with Gasteiger partial charge in [0.25, 0.3) is 0 Å². The monoisotopic (exact) mass is 293 g/mol. The van der Waals surface area contributed by atoms with Crippen LogP contribution in [0.4, 0.5) is 11.4 Å². The maximum absolute atomic E-state index is 11.0. The predicted molar refractivity (Wildman–Crippen MR) is 83.0 cm³/mol. The topological polar surface area (TPSA) is 76.4 Å². The summed E-state index contributed by atoms with van der Waals surface area (Å²) in [5.41, 5.74) is 0.862. The third-order valence-electron chi connectivity index (χ3n) is 3.50. The van der Waals surface area contributed by atoms with E-state index < -0.39 is 4.92 Å². The van der Waals surface area contributed by atoms with Gasteiger partial charge in [-0.25, -0.2) is 0 Å². The summed E-state index contributed by atoms with van der Waals surface area (Å²) in [6.07, 6.45) is 3.43. The number of ether oxygens (including phenoxy) is 1. The molecule has 0 aromatic heterocycles. The normalized spacial score (nSPS) is 18.0. The Morgan fingerprint density at radius 1 is 1.52 bits per heavy atom. The molecule has 6 heteroatoms. The standard InChI is InChI=1S/C15H23N3O3/c1-11(2)21-15-10-13(5-6-14(15)18(19)20)17-9-7-12-4-3-8-16-12/h5-6,10-12,16-17H,3-4,7-9H2,1-2H3. The Morgan fingerprint density at radius 3 is 2.95 bits per heavy atom. The van der Waals surface area contributed by atoms with Gasteiger partial charge in [0.15, 0.2) is 5.75 Å². The van der Waals surface area contributed by atoms with Crippen molar-refractivity contribution in [3.63, 3.8) is 0 Å². The third kappa shape index (κ3) is 4.60. The van der Waals surface area contributed by atoms with E-state index in [4.69, 9.17) is 4.74 Å². The highest BCUT2D eigenvalue weighted by atomic mass is 16.6. The second kappa shape index (κ2) is 7.26. The number of nitro benzene ring substituents is 1. The van der Waals surface area contributed by atoms with Crippen LogP contribution >= 0.6 is 0 Å². The van der Waals surface area contributed by atoms with Crippen LogP contribution in [0.2, 0.25) is 0 Å². The summed E-state index contributed by atoms with van der Waals surface area (Å²) < 4.78 is 5.53. The number of nitro groups is 1. The number of benzene rings is 1. The Morgan fingerprint density at radius 2 is 2.33 bits per heavy atom. The Balaban J connectivity index is 1.97. The van der Waals surface area contributed by atoms with E-state index in [-0.39, 0.29) is 11.8 Å². The first-order valence-corrected chi connectivity index (χ1v) is 7.48. The minimum atomic E-state index is -0.413. The lowest BCUT2D eigenvalue weighted by Crippen LogP contribution is -2.24. The number of nitrogens with zero attached hydrogens (tertiary/aromatic N) is 1. The Kier molecular flexibility index (Phi) is 5.38. The van der Waals surface area contributed by atoms with Crippen LogP contribution < -0.4 is 15.4 Å². The maximum atomic E-state index is 11.0. The van der Waals surface area contributed by atoms with Gasteiger partial charge in [-0.2, -0.15) is 0 Å². The molecule has 1 aromatic rings. The molecule has 6 nitrogen and oxygen atoms in total. The molecule has 1 unspecified atom stereocenters.